The number of para-hydroxylation sites is 2. The number of amides is 1. The van der Waals surface area contributed by atoms with Gasteiger partial charge in [-0.3, -0.25) is 9.52 Å². The van der Waals surface area contributed by atoms with Crippen molar-refractivity contribution in [1.29, 1.82) is 0 Å². The van der Waals surface area contributed by atoms with Crippen LogP contribution in [0.5, 0.6) is 0 Å². The van der Waals surface area contributed by atoms with Gasteiger partial charge in [0.15, 0.2) is 5.03 Å². The molecule has 0 spiro atoms. The number of aromatic amines is 1. The van der Waals surface area contributed by atoms with E-state index in [4.69, 9.17) is 0 Å². The molecule has 0 fully saturated rings. The summed E-state index contributed by atoms with van der Waals surface area (Å²) in [5.41, 5.74) is 1.46. The van der Waals surface area contributed by atoms with Crippen LogP contribution in [0.2, 0.25) is 0 Å². The van der Waals surface area contributed by atoms with Crippen molar-refractivity contribution in [3.63, 3.8) is 0 Å². The smallest absolute Gasteiger partial charge is 0.326 e. The van der Waals surface area contributed by atoms with Crippen molar-refractivity contribution in [2.45, 2.75) is 17.5 Å². The molecule has 8 nitrogen and oxygen atoms in total. The number of nitrogens with one attached hydrogen (secondary N) is 3. The fourth-order valence-electron chi connectivity index (χ4n) is 3.45. The first kappa shape index (κ1) is 22.1. The largest absolute Gasteiger partial charge is 0.480 e. The van der Waals surface area contributed by atoms with Crippen molar-refractivity contribution in [3.05, 3.63) is 96.1 Å². The zero-order valence-electron chi connectivity index (χ0n) is 17.4. The van der Waals surface area contributed by atoms with E-state index in [9.17, 15) is 23.1 Å². The number of fused-ring (bicyclic) bond motifs is 1. The number of carbonyl (C=O) groups is 2. The normalized spacial score (nSPS) is 12.2. The van der Waals surface area contributed by atoms with Gasteiger partial charge < -0.3 is 15.4 Å². The van der Waals surface area contributed by atoms with Gasteiger partial charge in [0.1, 0.15) is 6.04 Å². The minimum atomic E-state index is -4.03. The quantitative estimate of drug-likeness (QED) is 0.318. The summed E-state index contributed by atoms with van der Waals surface area (Å²) >= 11 is 0. The molecule has 168 valence electrons. The summed E-state index contributed by atoms with van der Waals surface area (Å²) < 4.78 is 28.3. The van der Waals surface area contributed by atoms with Crippen molar-refractivity contribution < 1.29 is 23.1 Å². The predicted molar refractivity (Wildman–Crippen MR) is 125 cm³/mol. The van der Waals surface area contributed by atoms with Gasteiger partial charge in [0.05, 0.1) is 11.3 Å². The molecule has 4 rings (SSSR count). The fourth-order valence-corrected chi connectivity index (χ4v) is 4.55. The van der Waals surface area contributed by atoms with Crippen LogP contribution in [0, 0.1) is 0 Å². The van der Waals surface area contributed by atoms with Gasteiger partial charge in [0.25, 0.3) is 15.9 Å². The van der Waals surface area contributed by atoms with Crippen molar-refractivity contribution in [1.82, 2.24) is 10.3 Å². The Morgan fingerprint density at radius 3 is 2.30 bits per heavy atom. The van der Waals surface area contributed by atoms with E-state index in [0.717, 1.165) is 10.9 Å². The molecule has 4 aromatic rings. The van der Waals surface area contributed by atoms with Crippen molar-refractivity contribution in [3.8, 4) is 0 Å². The summed E-state index contributed by atoms with van der Waals surface area (Å²) in [6.07, 6.45) is 0.0882. The Morgan fingerprint density at radius 1 is 0.909 bits per heavy atom. The third kappa shape index (κ3) is 5.04. The minimum Gasteiger partial charge on any atom is -0.480 e. The van der Waals surface area contributed by atoms with Crippen LogP contribution in [-0.4, -0.2) is 36.4 Å². The number of carbonyl (C=O) groups excluding carboxylic acids is 1. The number of carboxylic acid groups (broad SMARTS) is 1. The number of rotatable bonds is 8. The molecule has 0 aliphatic rings. The highest BCUT2D eigenvalue weighted by Gasteiger charge is 2.24. The van der Waals surface area contributed by atoms with Gasteiger partial charge >= 0.3 is 5.97 Å². The lowest BCUT2D eigenvalue weighted by atomic mass is 10.1. The lowest BCUT2D eigenvalue weighted by Gasteiger charge is -2.17. The molecule has 0 aliphatic heterocycles. The Labute approximate surface area is 190 Å². The number of H-pyrrole nitrogens is 1. The second-order valence-corrected chi connectivity index (χ2v) is 9.08. The summed E-state index contributed by atoms with van der Waals surface area (Å²) in [6.45, 7) is 0. The average molecular weight is 464 g/mol. The van der Waals surface area contributed by atoms with Crippen LogP contribution in [0.15, 0.2) is 90.0 Å². The van der Waals surface area contributed by atoms with Crippen LogP contribution in [-0.2, 0) is 21.2 Å². The molecule has 0 saturated heterocycles. The van der Waals surface area contributed by atoms with E-state index in [0.29, 0.717) is 5.52 Å². The maximum absolute atomic E-state index is 12.9. The van der Waals surface area contributed by atoms with Gasteiger partial charge in [0, 0.05) is 17.3 Å². The third-order valence-corrected chi connectivity index (χ3v) is 6.38. The number of aliphatic carboxylic acids is 1. The van der Waals surface area contributed by atoms with E-state index >= 15 is 0 Å². The number of sulfonamides is 1. The lowest BCUT2D eigenvalue weighted by molar-refractivity contribution is -0.139. The fraction of sp³-hybridized carbons (Fsp3) is 0.0833. The molecular formula is C24H21N3O5S. The van der Waals surface area contributed by atoms with Crippen LogP contribution in [0.25, 0.3) is 10.9 Å². The molecule has 0 aliphatic carbocycles. The first-order valence-electron chi connectivity index (χ1n) is 10.1. The molecule has 0 saturated carbocycles. The number of anilines is 1. The van der Waals surface area contributed by atoms with Crippen molar-refractivity contribution in [2.24, 2.45) is 0 Å². The molecule has 0 unspecified atom stereocenters. The van der Waals surface area contributed by atoms with Gasteiger partial charge in [-0.1, -0.05) is 60.7 Å². The number of benzene rings is 3. The third-order valence-electron chi connectivity index (χ3n) is 5.10. The van der Waals surface area contributed by atoms with E-state index in [2.05, 4.69) is 15.0 Å². The molecule has 1 heterocycles. The maximum atomic E-state index is 12.9. The zero-order valence-corrected chi connectivity index (χ0v) is 18.2. The number of hydrogen-bond donors (Lipinski definition) is 4. The number of hydrogen-bond acceptors (Lipinski definition) is 4. The minimum absolute atomic E-state index is 0.0106. The summed E-state index contributed by atoms with van der Waals surface area (Å²) in [5, 5.41) is 12.7. The van der Waals surface area contributed by atoms with Gasteiger partial charge in [0.2, 0.25) is 0 Å². The molecule has 0 bridgehead atoms. The van der Waals surface area contributed by atoms with Crippen LogP contribution >= 0.6 is 0 Å². The van der Waals surface area contributed by atoms with Crippen LogP contribution in [0.3, 0.4) is 0 Å². The molecular weight excluding hydrogens is 442 g/mol. The Balaban J connectivity index is 1.57. The molecule has 1 amide bonds. The van der Waals surface area contributed by atoms with E-state index < -0.39 is 27.9 Å². The average Bonchev–Trinajstić information content (AvgIpc) is 3.25. The highest BCUT2D eigenvalue weighted by atomic mass is 32.2. The summed E-state index contributed by atoms with van der Waals surface area (Å²) in [6, 6.07) is 22.4. The highest BCUT2D eigenvalue weighted by molar-refractivity contribution is 7.92. The van der Waals surface area contributed by atoms with Gasteiger partial charge in [-0.05, 0) is 29.8 Å². The Morgan fingerprint density at radius 2 is 1.58 bits per heavy atom. The van der Waals surface area contributed by atoms with Crippen LogP contribution in [0.1, 0.15) is 15.9 Å². The van der Waals surface area contributed by atoms with Gasteiger partial charge in [-0.15, -0.1) is 0 Å². The predicted octanol–water partition coefficient (Wildman–Crippen LogP) is 3.39. The zero-order chi connectivity index (χ0) is 23.4. The highest BCUT2D eigenvalue weighted by Crippen LogP contribution is 2.23. The summed E-state index contributed by atoms with van der Waals surface area (Å²) in [4.78, 5) is 27.5. The molecule has 33 heavy (non-hydrogen) atoms. The van der Waals surface area contributed by atoms with E-state index in [1.165, 1.54) is 18.2 Å². The van der Waals surface area contributed by atoms with E-state index in [1.54, 1.807) is 60.7 Å². The number of carboxylic acids is 1. The van der Waals surface area contributed by atoms with E-state index in [-0.39, 0.29) is 22.7 Å². The molecule has 0 radical (unpaired) electrons. The second-order valence-electron chi connectivity index (χ2n) is 7.43. The van der Waals surface area contributed by atoms with Crippen LogP contribution < -0.4 is 10.0 Å². The standard InChI is InChI=1S/C24H21N3O5S/c28-23(26-21(24(29)30)14-16-8-2-1-3-9-16)18-11-5-7-13-20(18)27-33(31,32)22-15-17-10-4-6-12-19(17)25-22/h1-13,15,21,25,27H,14H2,(H,26,28)(H,29,30)/t21-/m0/s1. The monoisotopic (exact) mass is 463 g/mol. The first-order chi connectivity index (χ1) is 15.8. The van der Waals surface area contributed by atoms with Crippen molar-refractivity contribution in [2.75, 3.05) is 4.72 Å². The van der Waals surface area contributed by atoms with Crippen molar-refractivity contribution >= 4 is 38.5 Å². The summed E-state index contributed by atoms with van der Waals surface area (Å²) in [7, 11) is -4.03. The Hall–Kier alpha value is -4.11. The van der Waals surface area contributed by atoms with Crippen LogP contribution in [0.4, 0.5) is 5.69 Å². The first-order valence-corrected chi connectivity index (χ1v) is 11.6. The Bertz CT molecular complexity index is 1380. The van der Waals surface area contributed by atoms with E-state index in [1.807, 2.05) is 6.07 Å². The number of aromatic nitrogens is 1. The Kier molecular flexibility index (Phi) is 6.14. The lowest BCUT2D eigenvalue weighted by Crippen LogP contribution is -2.42. The molecule has 1 aromatic heterocycles. The van der Waals surface area contributed by atoms with Gasteiger partial charge in [-0.2, -0.15) is 8.42 Å². The SMILES string of the molecule is O=C(N[C@@H](Cc1ccccc1)C(=O)O)c1ccccc1NS(=O)(=O)c1cc2ccccc2[nH]1. The molecule has 1 atom stereocenters. The topological polar surface area (TPSA) is 128 Å². The van der Waals surface area contributed by atoms with Gasteiger partial charge in [-0.25, -0.2) is 4.79 Å². The maximum Gasteiger partial charge on any atom is 0.326 e. The molecule has 3 aromatic carbocycles. The second kappa shape index (κ2) is 9.17. The summed E-state index contributed by atoms with van der Waals surface area (Å²) in [5.74, 6) is -1.89. The molecule has 4 N–H and O–H groups in total. The molecule has 9 heteroatoms.